The summed E-state index contributed by atoms with van der Waals surface area (Å²) in [5.74, 6) is -0.593. The highest BCUT2D eigenvalue weighted by atomic mass is 32.1. The van der Waals surface area contributed by atoms with E-state index in [1.807, 2.05) is 30.3 Å². The maximum absolute atomic E-state index is 13.7. The molecule has 4 aromatic rings. The van der Waals surface area contributed by atoms with E-state index >= 15 is 0 Å². The van der Waals surface area contributed by atoms with Gasteiger partial charge in [-0.3, -0.25) is 9.36 Å². The van der Waals surface area contributed by atoms with Gasteiger partial charge < -0.3 is 14.3 Å². The first-order valence-corrected chi connectivity index (χ1v) is 12.8. The minimum Gasteiger partial charge on any atom is -0.478 e. The number of carbonyl (C=O) groups is 2. The highest BCUT2D eigenvalue weighted by molar-refractivity contribution is 7.07. The molecule has 0 radical (unpaired) electrons. The van der Waals surface area contributed by atoms with Gasteiger partial charge in [-0.2, -0.15) is 0 Å². The second kappa shape index (κ2) is 10.1. The van der Waals surface area contributed by atoms with E-state index < -0.39 is 18.0 Å². The number of nitrogens with zero attached hydrogens (tertiary/aromatic N) is 2. The molecule has 2 aromatic carbocycles. The first kappa shape index (κ1) is 25.2. The highest BCUT2D eigenvalue weighted by Gasteiger charge is 2.33. The normalized spacial score (nSPS) is 15.2. The lowest BCUT2D eigenvalue weighted by Crippen LogP contribution is -2.39. The number of hydrogen-bond acceptors (Lipinski definition) is 7. The summed E-state index contributed by atoms with van der Waals surface area (Å²) in [6, 6.07) is 17.1. The molecule has 0 bridgehead atoms. The molecule has 1 aliphatic rings. The van der Waals surface area contributed by atoms with Gasteiger partial charge in [0.15, 0.2) is 4.80 Å². The topological polar surface area (TPSA) is 111 Å². The van der Waals surface area contributed by atoms with Crippen LogP contribution in [0.2, 0.25) is 0 Å². The second-order valence-electron chi connectivity index (χ2n) is 8.70. The lowest BCUT2D eigenvalue weighted by atomic mass is 9.96. The third-order valence-corrected chi connectivity index (χ3v) is 7.35. The second-order valence-corrected chi connectivity index (χ2v) is 9.71. The number of esters is 1. The molecule has 0 amide bonds. The van der Waals surface area contributed by atoms with Crippen LogP contribution >= 0.6 is 11.3 Å². The number of fused-ring (bicyclic) bond motifs is 1. The largest absolute Gasteiger partial charge is 0.478 e. The average Bonchev–Trinajstić information content (AvgIpc) is 3.48. The monoisotopic (exact) mass is 528 g/mol. The fourth-order valence-corrected chi connectivity index (χ4v) is 5.61. The van der Waals surface area contributed by atoms with Crippen LogP contribution in [0.5, 0.6) is 0 Å². The summed E-state index contributed by atoms with van der Waals surface area (Å²) in [5.41, 5.74) is 2.73. The van der Waals surface area contributed by atoms with Crippen LogP contribution in [0, 0.1) is 6.92 Å². The zero-order valence-electron chi connectivity index (χ0n) is 20.9. The number of hydrogen-bond donors (Lipinski definition) is 1. The van der Waals surface area contributed by atoms with Crippen LogP contribution in [0.3, 0.4) is 0 Å². The molecule has 0 aliphatic carbocycles. The molecule has 0 saturated heterocycles. The fourth-order valence-electron chi connectivity index (χ4n) is 4.58. The molecule has 5 rings (SSSR count). The van der Waals surface area contributed by atoms with Crippen LogP contribution in [0.15, 0.2) is 86.1 Å². The summed E-state index contributed by atoms with van der Waals surface area (Å²) in [7, 11) is 0. The Bertz CT molecular complexity index is 1780. The quantitative estimate of drug-likeness (QED) is 0.378. The molecule has 0 fully saturated rings. The predicted octanol–water partition coefficient (Wildman–Crippen LogP) is 4.06. The number of carbonyl (C=O) groups excluding carboxylic acids is 1. The number of carboxylic acids is 1. The Balaban J connectivity index is 1.62. The average molecular weight is 529 g/mol. The summed E-state index contributed by atoms with van der Waals surface area (Å²) < 4.78 is 13.2. The van der Waals surface area contributed by atoms with E-state index in [9.17, 15) is 19.5 Å². The molecular formula is C29H24N2O6S. The van der Waals surface area contributed by atoms with Crippen LogP contribution in [-0.4, -0.2) is 28.2 Å². The van der Waals surface area contributed by atoms with Gasteiger partial charge in [0.25, 0.3) is 5.56 Å². The highest BCUT2D eigenvalue weighted by Crippen LogP contribution is 2.31. The predicted molar refractivity (Wildman–Crippen MR) is 143 cm³/mol. The van der Waals surface area contributed by atoms with Gasteiger partial charge in [0, 0.05) is 11.6 Å². The van der Waals surface area contributed by atoms with Crippen LogP contribution in [0.4, 0.5) is 0 Å². The molecule has 1 aliphatic heterocycles. The van der Waals surface area contributed by atoms with E-state index in [1.54, 1.807) is 57.2 Å². The van der Waals surface area contributed by atoms with Gasteiger partial charge in [-0.25, -0.2) is 14.6 Å². The van der Waals surface area contributed by atoms with Gasteiger partial charge in [-0.15, -0.1) is 0 Å². The number of rotatable bonds is 6. The van der Waals surface area contributed by atoms with Crippen molar-refractivity contribution in [2.45, 2.75) is 26.8 Å². The number of ether oxygens (including phenoxy) is 1. The van der Waals surface area contributed by atoms with Crippen molar-refractivity contribution in [2.24, 2.45) is 4.99 Å². The van der Waals surface area contributed by atoms with E-state index in [0.29, 0.717) is 43.3 Å². The molecule has 38 heavy (non-hydrogen) atoms. The lowest BCUT2D eigenvalue weighted by Gasteiger charge is -2.24. The molecule has 1 atom stereocenters. The van der Waals surface area contributed by atoms with Crippen molar-refractivity contribution in [3.05, 3.63) is 114 Å². The molecule has 192 valence electrons. The third-order valence-electron chi connectivity index (χ3n) is 6.36. The van der Waals surface area contributed by atoms with Crippen molar-refractivity contribution in [1.29, 1.82) is 0 Å². The first-order chi connectivity index (χ1) is 18.3. The van der Waals surface area contributed by atoms with Gasteiger partial charge in [0.1, 0.15) is 11.5 Å². The summed E-state index contributed by atoms with van der Waals surface area (Å²) in [4.78, 5) is 43.2. The Kier molecular flexibility index (Phi) is 6.69. The van der Waals surface area contributed by atoms with Gasteiger partial charge in [-0.05, 0) is 50.1 Å². The molecule has 3 heterocycles. The maximum atomic E-state index is 13.7. The third kappa shape index (κ3) is 4.41. The van der Waals surface area contributed by atoms with Crippen LogP contribution in [0.25, 0.3) is 17.4 Å². The molecule has 2 aromatic heterocycles. The van der Waals surface area contributed by atoms with Gasteiger partial charge in [-0.1, -0.05) is 53.8 Å². The molecule has 0 spiro atoms. The van der Waals surface area contributed by atoms with E-state index in [1.165, 1.54) is 15.9 Å². The van der Waals surface area contributed by atoms with E-state index in [2.05, 4.69) is 4.99 Å². The Labute approximate surface area is 221 Å². The van der Waals surface area contributed by atoms with Crippen LogP contribution < -0.4 is 14.9 Å². The maximum Gasteiger partial charge on any atom is 0.338 e. The number of furan rings is 1. The Morgan fingerprint density at radius 1 is 1.11 bits per heavy atom. The number of aromatic carboxylic acids is 1. The van der Waals surface area contributed by atoms with E-state index in [4.69, 9.17) is 9.15 Å². The smallest absolute Gasteiger partial charge is 0.338 e. The van der Waals surface area contributed by atoms with Crippen LogP contribution in [0.1, 0.15) is 47.1 Å². The zero-order chi connectivity index (χ0) is 27.0. The first-order valence-electron chi connectivity index (χ1n) is 12.0. The Morgan fingerprint density at radius 3 is 2.58 bits per heavy atom. The Morgan fingerprint density at radius 2 is 1.87 bits per heavy atom. The van der Waals surface area contributed by atoms with Gasteiger partial charge in [0.2, 0.25) is 0 Å². The van der Waals surface area contributed by atoms with Crippen molar-refractivity contribution >= 4 is 29.4 Å². The lowest BCUT2D eigenvalue weighted by molar-refractivity contribution is -0.139. The van der Waals surface area contributed by atoms with Crippen molar-refractivity contribution < 1.29 is 23.8 Å². The number of allylic oxidation sites excluding steroid dienone is 1. The minimum absolute atomic E-state index is 0.197. The summed E-state index contributed by atoms with van der Waals surface area (Å²) in [5, 5.41) is 9.44. The SMILES string of the molecule is CCOC(=O)C1=C(C)N=c2sc(=Cc3ccc(-c4cccc(C(=O)O)c4C)o3)c(=O)n2[C@H]1c1ccccc1. The van der Waals surface area contributed by atoms with Crippen molar-refractivity contribution in [1.82, 2.24) is 4.57 Å². The number of thiazole rings is 1. The standard InChI is InChI=1S/C29H24N2O6S/c1-4-36-28(35)24-17(3)30-29-31(25(24)18-9-6-5-7-10-18)26(32)23(38-29)15-19-13-14-22(37-19)20-11-8-12-21(16(20)2)27(33)34/h5-15,25H,4H2,1-3H3,(H,33,34)/t25-/m0/s1. The van der Waals surface area contributed by atoms with E-state index in [-0.39, 0.29) is 17.7 Å². The van der Waals surface area contributed by atoms with Crippen molar-refractivity contribution in [2.75, 3.05) is 6.61 Å². The number of aromatic nitrogens is 1. The number of carboxylic acid groups (broad SMARTS) is 1. The van der Waals surface area contributed by atoms with Crippen molar-refractivity contribution in [3.63, 3.8) is 0 Å². The van der Waals surface area contributed by atoms with E-state index in [0.717, 1.165) is 5.56 Å². The molecule has 1 N–H and O–H groups in total. The summed E-state index contributed by atoms with van der Waals surface area (Å²) in [6.07, 6.45) is 1.63. The Hall–Kier alpha value is -4.50. The minimum atomic E-state index is -1.01. The molecule has 9 heteroatoms. The number of benzene rings is 2. The fraction of sp³-hybridized carbons (Fsp3) is 0.172. The molecule has 0 unspecified atom stereocenters. The molecule has 0 saturated carbocycles. The van der Waals surface area contributed by atoms with Crippen LogP contribution in [-0.2, 0) is 9.53 Å². The molecular weight excluding hydrogens is 504 g/mol. The summed E-state index contributed by atoms with van der Waals surface area (Å²) in [6.45, 7) is 5.41. The summed E-state index contributed by atoms with van der Waals surface area (Å²) >= 11 is 1.20. The molecule has 8 nitrogen and oxygen atoms in total. The van der Waals surface area contributed by atoms with Gasteiger partial charge in [0.05, 0.1) is 34.0 Å². The zero-order valence-corrected chi connectivity index (χ0v) is 21.7. The van der Waals surface area contributed by atoms with Crippen molar-refractivity contribution in [3.8, 4) is 11.3 Å². The van der Waals surface area contributed by atoms with Gasteiger partial charge >= 0.3 is 11.9 Å².